The first-order valence-corrected chi connectivity index (χ1v) is 8.85. The molecule has 10 heteroatoms. The highest BCUT2D eigenvalue weighted by molar-refractivity contribution is 5.76. The Balaban J connectivity index is 2.00. The lowest BCUT2D eigenvalue weighted by molar-refractivity contribution is -0.131. The fraction of sp³-hybridized carbons (Fsp3) is 0.389. The van der Waals surface area contributed by atoms with Crippen molar-refractivity contribution in [1.82, 2.24) is 29.4 Å². The number of ether oxygens (including phenoxy) is 2. The Morgan fingerprint density at radius 2 is 1.86 bits per heavy atom. The summed E-state index contributed by atoms with van der Waals surface area (Å²) in [5, 5.41) is 8.01. The first-order chi connectivity index (χ1) is 13.5. The SMILES string of the molecule is CCN(CC)C(=O)Cn1cnc2c(nnn2-c2ccc(OC)c(OC)c2)c1=O. The number of rotatable bonds is 7. The summed E-state index contributed by atoms with van der Waals surface area (Å²) in [6.07, 6.45) is 1.34. The van der Waals surface area contributed by atoms with E-state index >= 15 is 0 Å². The quantitative estimate of drug-likeness (QED) is 0.593. The van der Waals surface area contributed by atoms with Crippen LogP contribution in [0.15, 0.2) is 29.3 Å². The number of hydrogen-bond donors (Lipinski definition) is 0. The summed E-state index contributed by atoms with van der Waals surface area (Å²) in [7, 11) is 3.08. The predicted molar refractivity (Wildman–Crippen MR) is 102 cm³/mol. The summed E-state index contributed by atoms with van der Waals surface area (Å²) >= 11 is 0. The van der Waals surface area contributed by atoms with Gasteiger partial charge in [-0.25, -0.2) is 4.98 Å². The zero-order chi connectivity index (χ0) is 20.3. The molecular weight excluding hydrogens is 364 g/mol. The van der Waals surface area contributed by atoms with E-state index in [-0.39, 0.29) is 18.0 Å². The zero-order valence-electron chi connectivity index (χ0n) is 16.2. The van der Waals surface area contributed by atoms with Crippen LogP contribution in [0.25, 0.3) is 16.9 Å². The molecule has 0 fully saturated rings. The average molecular weight is 386 g/mol. The summed E-state index contributed by atoms with van der Waals surface area (Å²) < 4.78 is 13.2. The van der Waals surface area contributed by atoms with Crippen molar-refractivity contribution >= 4 is 17.1 Å². The molecule has 10 nitrogen and oxygen atoms in total. The summed E-state index contributed by atoms with van der Waals surface area (Å²) in [6, 6.07) is 5.20. The smallest absolute Gasteiger partial charge is 0.284 e. The van der Waals surface area contributed by atoms with Crippen LogP contribution < -0.4 is 15.0 Å². The van der Waals surface area contributed by atoms with E-state index in [9.17, 15) is 9.59 Å². The molecule has 2 heterocycles. The second-order valence-electron chi connectivity index (χ2n) is 5.96. The van der Waals surface area contributed by atoms with Crippen LogP contribution in [0.1, 0.15) is 13.8 Å². The lowest BCUT2D eigenvalue weighted by Crippen LogP contribution is -2.36. The minimum Gasteiger partial charge on any atom is -0.493 e. The highest BCUT2D eigenvalue weighted by Gasteiger charge is 2.17. The van der Waals surface area contributed by atoms with Crippen molar-refractivity contribution in [3.05, 3.63) is 34.9 Å². The first-order valence-electron chi connectivity index (χ1n) is 8.85. The Hall–Kier alpha value is -3.43. The molecule has 1 aromatic carbocycles. The maximum absolute atomic E-state index is 12.7. The molecule has 3 rings (SSSR count). The van der Waals surface area contributed by atoms with E-state index < -0.39 is 5.56 Å². The number of benzene rings is 1. The molecule has 148 valence electrons. The standard InChI is InChI=1S/C18H22N6O4/c1-5-22(6-2)15(25)10-23-11-19-17-16(18(23)26)20-21-24(17)12-7-8-13(27-3)14(9-12)28-4/h7-9,11H,5-6,10H2,1-4H3. The van der Waals surface area contributed by atoms with E-state index in [2.05, 4.69) is 15.3 Å². The lowest BCUT2D eigenvalue weighted by atomic mass is 10.2. The van der Waals surface area contributed by atoms with Gasteiger partial charge in [0.1, 0.15) is 12.9 Å². The van der Waals surface area contributed by atoms with Crippen molar-refractivity contribution in [3.8, 4) is 17.2 Å². The zero-order valence-corrected chi connectivity index (χ0v) is 16.2. The molecule has 0 saturated carbocycles. The van der Waals surface area contributed by atoms with Crippen LogP contribution >= 0.6 is 0 Å². The third-order valence-corrected chi connectivity index (χ3v) is 4.46. The van der Waals surface area contributed by atoms with Crippen LogP contribution in [0.3, 0.4) is 0 Å². The second kappa shape index (κ2) is 8.07. The third-order valence-electron chi connectivity index (χ3n) is 4.46. The molecule has 28 heavy (non-hydrogen) atoms. The maximum atomic E-state index is 12.7. The normalized spacial score (nSPS) is 10.9. The molecule has 0 spiro atoms. The van der Waals surface area contributed by atoms with Gasteiger partial charge in [0.25, 0.3) is 5.56 Å². The first kappa shape index (κ1) is 19.3. The minimum absolute atomic E-state index is 0.0876. The Labute approximate surface area is 161 Å². The lowest BCUT2D eigenvalue weighted by Gasteiger charge is -2.18. The van der Waals surface area contributed by atoms with Gasteiger partial charge in [0.05, 0.1) is 19.9 Å². The third kappa shape index (κ3) is 3.40. The molecule has 0 unspecified atom stereocenters. The number of carbonyl (C=O) groups excluding carboxylic acids is 1. The van der Waals surface area contributed by atoms with E-state index in [1.165, 1.54) is 22.7 Å². The molecule has 1 amide bonds. The molecule has 0 bridgehead atoms. The number of amides is 1. The van der Waals surface area contributed by atoms with Gasteiger partial charge < -0.3 is 14.4 Å². The van der Waals surface area contributed by atoms with Gasteiger partial charge in [-0.2, -0.15) is 4.68 Å². The molecule has 3 aromatic rings. The Bertz CT molecular complexity index is 1050. The van der Waals surface area contributed by atoms with Gasteiger partial charge in [-0.05, 0) is 26.0 Å². The summed E-state index contributed by atoms with van der Waals surface area (Å²) in [5.41, 5.74) is 0.578. The van der Waals surface area contributed by atoms with Crippen molar-refractivity contribution in [3.63, 3.8) is 0 Å². The van der Waals surface area contributed by atoms with Gasteiger partial charge in [0.15, 0.2) is 22.7 Å². The monoisotopic (exact) mass is 386 g/mol. The Morgan fingerprint density at radius 1 is 1.14 bits per heavy atom. The average Bonchev–Trinajstić information content (AvgIpc) is 3.15. The van der Waals surface area contributed by atoms with Gasteiger partial charge >= 0.3 is 0 Å². The van der Waals surface area contributed by atoms with Crippen LogP contribution in [-0.2, 0) is 11.3 Å². The van der Waals surface area contributed by atoms with Crippen molar-refractivity contribution in [2.45, 2.75) is 20.4 Å². The highest BCUT2D eigenvalue weighted by Crippen LogP contribution is 2.29. The summed E-state index contributed by atoms with van der Waals surface area (Å²) in [5.74, 6) is 0.934. The van der Waals surface area contributed by atoms with E-state index in [0.29, 0.717) is 35.9 Å². The van der Waals surface area contributed by atoms with E-state index in [1.807, 2.05) is 13.8 Å². The van der Waals surface area contributed by atoms with E-state index in [4.69, 9.17) is 9.47 Å². The molecule has 0 aliphatic rings. The molecular formula is C18H22N6O4. The molecule has 0 atom stereocenters. The number of aromatic nitrogens is 5. The largest absolute Gasteiger partial charge is 0.493 e. The van der Waals surface area contributed by atoms with Crippen LogP contribution in [-0.4, -0.2) is 62.7 Å². The molecule has 0 aliphatic carbocycles. The van der Waals surface area contributed by atoms with E-state index in [0.717, 1.165) is 0 Å². The predicted octanol–water partition coefficient (Wildman–Crippen LogP) is 0.863. The van der Waals surface area contributed by atoms with Crippen LogP contribution in [0.5, 0.6) is 11.5 Å². The van der Waals surface area contributed by atoms with Crippen molar-refractivity contribution in [2.24, 2.45) is 0 Å². The van der Waals surface area contributed by atoms with Gasteiger partial charge in [-0.3, -0.25) is 14.2 Å². The molecule has 0 N–H and O–H groups in total. The Morgan fingerprint density at radius 3 is 2.50 bits per heavy atom. The number of hydrogen-bond acceptors (Lipinski definition) is 7. The maximum Gasteiger partial charge on any atom is 0.284 e. The number of carbonyl (C=O) groups is 1. The van der Waals surface area contributed by atoms with Gasteiger partial charge in [-0.15, -0.1) is 5.10 Å². The number of fused-ring (bicyclic) bond motifs is 1. The number of methoxy groups -OCH3 is 2. The van der Waals surface area contributed by atoms with Crippen LogP contribution in [0.2, 0.25) is 0 Å². The molecule has 0 saturated heterocycles. The van der Waals surface area contributed by atoms with Crippen molar-refractivity contribution in [2.75, 3.05) is 27.3 Å². The van der Waals surface area contributed by atoms with Gasteiger partial charge in [-0.1, -0.05) is 5.21 Å². The van der Waals surface area contributed by atoms with Crippen LogP contribution in [0, 0.1) is 0 Å². The van der Waals surface area contributed by atoms with E-state index in [1.54, 1.807) is 30.2 Å². The van der Waals surface area contributed by atoms with Gasteiger partial charge in [0.2, 0.25) is 5.91 Å². The van der Waals surface area contributed by atoms with Crippen LogP contribution in [0.4, 0.5) is 0 Å². The summed E-state index contributed by atoms with van der Waals surface area (Å²) in [6.45, 7) is 4.85. The molecule has 2 aromatic heterocycles. The second-order valence-corrected chi connectivity index (χ2v) is 5.96. The highest BCUT2D eigenvalue weighted by atomic mass is 16.5. The van der Waals surface area contributed by atoms with Crippen molar-refractivity contribution in [1.29, 1.82) is 0 Å². The number of nitrogens with zero attached hydrogens (tertiary/aromatic N) is 6. The topological polar surface area (TPSA) is 104 Å². The van der Waals surface area contributed by atoms with Gasteiger partial charge in [0, 0.05) is 19.2 Å². The Kier molecular flexibility index (Phi) is 5.57. The minimum atomic E-state index is -0.419. The molecule has 0 radical (unpaired) electrons. The number of likely N-dealkylation sites (N-methyl/N-ethyl adjacent to an activating group) is 1. The van der Waals surface area contributed by atoms with Crippen molar-refractivity contribution < 1.29 is 14.3 Å². The molecule has 0 aliphatic heterocycles. The fourth-order valence-corrected chi connectivity index (χ4v) is 2.91. The fourth-order valence-electron chi connectivity index (χ4n) is 2.91. The summed E-state index contributed by atoms with van der Waals surface area (Å²) in [4.78, 5) is 31.0.